The van der Waals surface area contributed by atoms with Gasteiger partial charge in [0.25, 0.3) is 0 Å². The third kappa shape index (κ3) is 5.11. The summed E-state index contributed by atoms with van der Waals surface area (Å²) in [6.45, 7) is 3.81. The van der Waals surface area contributed by atoms with Crippen LogP contribution >= 0.6 is 0 Å². The average Bonchev–Trinajstić information content (AvgIpc) is 2.65. The zero-order chi connectivity index (χ0) is 13.5. The summed E-state index contributed by atoms with van der Waals surface area (Å²) < 4.78 is 0. The fourth-order valence-electron chi connectivity index (χ4n) is 3.41. The fraction of sp³-hybridized carbons (Fsp3) is 0.933. The summed E-state index contributed by atoms with van der Waals surface area (Å²) in [6, 6.07) is 0.436. The van der Waals surface area contributed by atoms with Crippen LogP contribution in [0.25, 0.3) is 0 Å². The normalized spacial score (nSPS) is 26.3. The predicted octanol–water partition coefficient (Wildman–Crippen LogP) is 1.37. The van der Waals surface area contributed by atoms with Crippen LogP contribution in [0.5, 0.6) is 0 Å². The molecule has 0 bridgehead atoms. The second kappa shape index (κ2) is 7.85. The van der Waals surface area contributed by atoms with Crippen molar-refractivity contribution in [2.75, 3.05) is 33.2 Å². The largest absolute Gasteiger partial charge is 0.352 e. The van der Waals surface area contributed by atoms with Crippen LogP contribution in [0.15, 0.2) is 0 Å². The first-order chi connectivity index (χ1) is 9.28. The molecule has 0 aromatic carbocycles. The summed E-state index contributed by atoms with van der Waals surface area (Å²) in [5.74, 6) is 0.952. The number of nitrogens with one attached hydrogen (secondary N) is 2. The molecule has 1 amide bonds. The highest BCUT2D eigenvalue weighted by molar-refractivity contribution is 5.78. The van der Waals surface area contributed by atoms with Crippen LogP contribution in [-0.4, -0.2) is 50.1 Å². The van der Waals surface area contributed by atoms with Crippen LogP contribution < -0.4 is 10.6 Å². The van der Waals surface area contributed by atoms with Gasteiger partial charge in [0.2, 0.25) is 5.91 Å². The van der Waals surface area contributed by atoms with Crippen molar-refractivity contribution in [1.82, 2.24) is 15.5 Å². The van der Waals surface area contributed by atoms with Crippen molar-refractivity contribution in [2.24, 2.45) is 5.92 Å². The van der Waals surface area contributed by atoms with Gasteiger partial charge in [0.05, 0.1) is 6.54 Å². The summed E-state index contributed by atoms with van der Waals surface area (Å²) in [7, 11) is 2.00. The van der Waals surface area contributed by atoms with Crippen molar-refractivity contribution in [3.8, 4) is 0 Å². The first-order valence-electron chi connectivity index (χ1n) is 7.94. The van der Waals surface area contributed by atoms with Gasteiger partial charge >= 0.3 is 0 Å². The monoisotopic (exact) mass is 267 g/mol. The summed E-state index contributed by atoms with van der Waals surface area (Å²) >= 11 is 0. The Balaban J connectivity index is 1.66. The molecule has 1 unspecified atom stereocenters. The van der Waals surface area contributed by atoms with E-state index in [9.17, 15) is 4.79 Å². The van der Waals surface area contributed by atoms with E-state index in [0.717, 1.165) is 25.6 Å². The Kier molecular flexibility index (Phi) is 6.11. The van der Waals surface area contributed by atoms with Crippen LogP contribution in [0.3, 0.4) is 0 Å². The zero-order valence-electron chi connectivity index (χ0n) is 12.3. The Morgan fingerprint density at radius 2 is 1.89 bits per heavy atom. The highest BCUT2D eigenvalue weighted by Gasteiger charge is 2.24. The Hall–Kier alpha value is -0.610. The Bertz CT molecular complexity index is 275. The van der Waals surface area contributed by atoms with E-state index in [4.69, 9.17) is 0 Å². The Morgan fingerprint density at radius 3 is 2.58 bits per heavy atom. The van der Waals surface area contributed by atoms with Crippen molar-refractivity contribution >= 4 is 5.91 Å². The molecule has 1 saturated carbocycles. The van der Waals surface area contributed by atoms with Gasteiger partial charge in [-0.1, -0.05) is 25.7 Å². The van der Waals surface area contributed by atoms with Gasteiger partial charge in [-0.3, -0.25) is 9.69 Å². The minimum atomic E-state index is 0.233. The molecule has 0 spiro atoms. The van der Waals surface area contributed by atoms with Gasteiger partial charge in [-0.15, -0.1) is 0 Å². The topological polar surface area (TPSA) is 44.4 Å². The summed E-state index contributed by atoms with van der Waals surface area (Å²) in [6.07, 6.45) is 8.80. The summed E-state index contributed by atoms with van der Waals surface area (Å²) in [5.41, 5.74) is 0. The van der Waals surface area contributed by atoms with E-state index in [-0.39, 0.29) is 5.91 Å². The Morgan fingerprint density at radius 1 is 1.16 bits per heavy atom. The molecule has 2 fully saturated rings. The maximum atomic E-state index is 12.1. The van der Waals surface area contributed by atoms with E-state index in [0.29, 0.717) is 12.6 Å². The number of rotatable bonds is 5. The molecular weight excluding hydrogens is 238 g/mol. The first kappa shape index (κ1) is 14.8. The molecule has 1 heterocycles. The van der Waals surface area contributed by atoms with E-state index >= 15 is 0 Å². The van der Waals surface area contributed by atoms with E-state index < -0.39 is 0 Å². The van der Waals surface area contributed by atoms with Gasteiger partial charge in [-0.05, 0) is 45.3 Å². The molecule has 1 atom stereocenters. The number of likely N-dealkylation sites (tertiary alicyclic amines) is 1. The number of hydrogen-bond acceptors (Lipinski definition) is 3. The van der Waals surface area contributed by atoms with Crippen LogP contribution in [-0.2, 0) is 4.79 Å². The van der Waals surface area contributed by atoms with Crippen LogP contribution in [0.2, 0.25) is 0 Å². The first-order valence-corrected chi connectivity index (χ1v) is 7.94. The van der Waals surface area contributed by atoms with Gasteiger partial charge in [-0.25, -0.2) is 0 Å². The van der Waals surface area contributed by atoms with Crippen molar-refractivity contribution in [1.29, 1.82) is 0 Å². The molecule has 4 heteroatoms. The summed E-state index contributed by atoms with van der Waals surface area (Å²) in [5, 5.41) is 6.47. The maximum Gasteiger partial charge on any atom is 0.234 e. The third-order valence-electron chi connectivity index (χ3n) is 4.45. The van der Waals surface area contributed by atoms with E-state index in [1.54, 1.807) is 0 Å². The smallest absolute Gasteiger partial charge is 0.234 e. The molecule has 2 aliphatic rings. The van der Waals surface area contributed by atoms with Gasteiger partial charge in [0.1, 0.15) is 0 Å². The number of hydrogen-bond donors (Lipinski definition) is 2. The van der Waals surface area contributed by atoms with Crippen molar-refractivity contribution in [3.63, 3.8) is 0 Å². The SMILES string of the molecule is CNCC1CCN(CC(=O)NC2CCCCCC2)C1. The summed E-state index contributed by atoms with van der Waals surface area (Å²) in [4.78, 5) is 14.4. The molecule has 110 valence electrons. The van der Waals surface area contributed by atoms with E-state index in [1.165, 1.54) is 44.9 Å². The highest BCUT2D eigenvalue weighted by Crippen LogP contribution is 2.18. The van der Waals surface area contributed by atoms with Gasteiger partial charge < -0.3 is 10.6 Å². The predicted molar refractivity (Wildman–Crippen MR) is 78.1 cm³/mol. The molecule has 1 saturated heterocycles. The molecule has 2 rings (SSSR count). The van der Waals surface area contributed by atoms with E-state index in [1.807, 2.05) is 7.05 Å². The van der Waals surface area contributed by atoms with E-state index in [2.05, 4.69) is 15.5 Å². The molecule has 1 aliphatic heterocycles. The zero-order valence-corrected chi connectivity index (χ0v) is 12.3. The lowest BCUT2D eigenvalue weighted by molar-refractivity contribution is -0.122. The Labute approximate surface area is 117 Å². The molecular formula is C15H29N3O. The quantitative estimate of drug-likeness (QED) is 0.739. The van der Waals surface area contributed by atoms with Crippen molar-refractivity contribution < 1.29 is 4.79 Å². The molecule has 0 aromatic rings. The fourth-order valence-corrected chi connectivity index (χ4v) is 3.41. The highest BCUT2D eigenvalue weighted by atomic mass is 16.2. The molecule has 0 radical (unpaired) electrons. The second-order valence-electron chi connectivity index (χ2n) is 6.20. The molecule has 0 aromatic heterocycles. The van der Waals surface area contributed by atoms with Gasteiger partial charge in [-0.2, -0.15) is 0 Å². The van der Waals surface area contributed by atoms with Crippen LogP contribution in [0, 0.1) is 5.92 Å². The second-order valence-corrected chi connectivity index (χ2v) is 6.20. The third-order valence-corrected chi connectivity index (χ3v) is 4.45. The van der Waals surface area contributed by atoms with Gasteiger partial charge in [0.15, 0.2) is 0 Å². The maximum absolute atomic E-state index is 12.1. The van der Waals surface area contributed by atoms with Crippen LogP contribution in [0.4, 0.5) is 0 Å². The van der Waals surface area contributed by atoms with Crippen molar-refractivity contribution in [3.05, 3.63) is 0 Å². The van der Waals surface area contributed by atoms with Crippen LogP contribution in [0.1, 0.15) is 44.9 Å². The molecule has 4 nitrogen and oxygen atoms in total. The minimum Gasteiger partial charge on any atom is -0.352 e. The lowest BCUT2D eigenvalue weighted by Gasteiger charge is -2.20. The minimum absolute atomic E-state index is 0.233. The molecule has 2 N–H and O–H groups in total. The number of nitrogens with zero attached hydrogens (tertiary/aromatic N) is 1. The standard InChI is InChI=1S/C15H29N3O/c1-16-10-13-8-9-18(11-13)12-15(19)17-14-6-4-2-3-5-7-14/h13-14,16H,2-12H2,1H3,(H,17,19). The molecule has 19 heavy (non-hydrogen) atoms. The average molecular weight is 267 g/mol. The number of carbonyl (C=O) groups is 1. The van der Waals surface area contributed by atoms with Gasteiger partial charge in [0, 0.05) is 12.6 Å². The number of amides is 1. The van der Waals surface area contributed by atoms with Crippen molar-refractivity contribution in [2.45, 2.75) is 51.0 Å². The number of carbonyl (C=O) groups excluding carboxylic acids is 1. The lowest BCUT2D eigenvalue weighted by atomic mass is 10.1. The molecule has 1 aliphatic carbocycles. The lowest BCUT2D eigenvalue weighted by Crippen LogP contribution is -2.41.